The van der Waals surface area contributed by atoms with Gasteiger partial charge in [0, 0.05) is 49.4 Å². The summed E-state index contributed by atoms with van der Waals surface area (Å²) in [4.78, 5) is 18.5. The number of anilines is 2. The standard InChI is InChI=1S/C17H20IN5O/c1-21(2)15-7-8-16(20-19-15)22-9-11-23(12-10-22)17(24)13-3-5-14(18)6-4-13/h3-8H,9-12H2,1-2H3. The molecule has 1 aliphatic heterocycles. The Labute approximate surface area is 155 Å². The van der Waals surface area contributed by atoms with Crippen LogP contribution in [-0.2, 0) is 0 Å². The fraction of sp³-hybridized carbons (Fsp3) is 0.353. The van der Waals surface area contributed by atoms with Crippen molar-refractivity contribution >= 4 is 40.1 Å². The van der Waals surface area contributed by atoms with E-state index in [2.05, 4.69) is 37.7 Å². The average Bonchev–Trinajstić information content (AvgIpc) is 2.62. The zero-order valence-corrected chi connectivity index (χ0v) is 16.0. The zero-order valence-electron chi connectivity index (χ0n) is 13.8. The summed E-state index contributed by atoms with van der Waals surface area (Å²) in [5, 5.41) is 8.51. The van der Waals surface area contributed by atoms with Crippen molar-refractivity contribution in [2.45, 2.75) is 0 Å². The number of hydrogen-bond donors (Lipinski definition) is 0. The predicted molar refractivity (Wildman–Crippen MR) is 104 cm³/mol. The number of benzene rings is 1. The maximum atomic E-state index is 12.5. The number of carbonyl (C=O) groups is 1. The Morgan fingerprint density at radius 1 is 1.00 bits per heavy atom. The molecular formula is C17H20IN5O. The third-order valence-corrected chi connectivity index (χ3v) is 4.80. The molecule has 0 atom stereocenters. The van der Waals surface area contributed by atoms with Crippen LogP contribution in [0.25, 0.3) is 0 Å². The van der Waals surface area contributed by atoms with Crippen LogP contribution in [0.5, 0.6) is 0 Å². The number of aromatic nitrogens is 2. The highest BCUT2D eigenvalue weighted by Gasteiger charge is 2.23. The van der Waals surface area contributed by atoms with Crippen LogP contribution in [0, 0.1) is 3.57 Å². The van der Waals surface area contributed by atoms with Gasteiger partial charge in [-0.15, -0.1) is 10.2 Å². The molecule has 3 rings (SSSR count). The van der Waals surface area contributed by atoms with E-state index >= 15 is 0 Å². The largest absolute Gasteiger partial charge is 0.361 e. The molecule has 1 aliphatic rings. The molecule has 126 valence electrons. The van der Waals surface area contributed by atoms with E-state index in [-0.39, 0.29) is 5.91 Å². The molecule has 1 saturated heterocycles. The lowest BCUT2D eigenvalue weighted by molar-refractivity contribution is 0.0746. The summed E-state index contributed by atoms with van der Waals surface area (Å²) in [7, 11) is 3.89. The van der Waals surface area contributed by atoms with Crippen molar-refractivity contribution in [2.75, 3.05) is 50.1 Å². The Morgan fingerprint density at radius 3 is 2.21 bits per heavy atom. The van der Waals surface area contributed by atoms with Crippen LogP contribution >= 0.6 is 22.6 Å². The van der Waals surface area contributed by atoms with Gasteiger partial charge in [-0.3, -0.25) is 4.79 Å². The first kappa shape index (κ1) is 16.9. The van der Waals surface area contributed by atoms with Gasteiger partial charge in [0.25, 0.3) is 5.91 Å². The Bertz CT molecular complexity index is 694. The molecule has 1 fully saturated rings. The molecule has 2 heterocycles. The Kier molecular flexibility index (Phi) is 5.17. The van der Waals surface area contributed by atoms with Crippen LogP contribution < -0.4 is 9.80 Å². The predicted octanol–water partition coefficient (Wildman–Crippen LogP) is 2.11. The summed E-state index contributed by atoms with van der Waals surface area (Å²) in [5.74, 6) is 1.80. The van der Waals surface area contributed by atoms with E-state index < -0.39 is 0 Å². The molecule has 0 unspecified atom stereocenters. The van der Waals surface area contributed by atoms with Crippen LogP contribution in [-0.4, -0.2) is 61.3 Å². The molecule has 0 aliphatic carbocycles. The van der Waals surface area contributed by atoms with Crippen LogP contribution in [0.3, 0.4) is 0 Å². The summed E-state index contributed by atoms with van der Waals surface area (Å²) < 4.78 is 1.13. The van der Waals surface area contributed by atoms with Crippen LogP contribution in [0.1, 0.15) is 10.4 Å². The summed E-state index contributed by atoms with van der Waals surface area (Å²) in [5.41, 5.74) is 0.749. The number of hydrogen-bond acceptors (Lipinski definition) is 5. The normalized spacial score (nSPS) is 14.6. The van der Waals surface area contributed by atoms with Crippen molar-refractivity contribution in [1.82, 2.24) is 15.1 Å². The molecule has 1 aromatic heterocycles. The third-order valence-electron chi connectivity index (χ3n) is 4.08. The van der Waals surface area contributed by atoms with Gasteiger partial charge in [-0.25, -0.2) is 0 Å². The minimum absolute atomic E-state index is 0.0973. The number of amides is 1. The van der Waals surface area contributed by atoms with E-state index in [9.17, 15) is 4.79 Å². The molecule has 0 N–H and O–H groups in total. The highest BCUT2D eigenvalue weighted by Crippen LogP contribution is 2.17. The lowest BCUT2D eigenvalue weighted by Crippen LogP contribution is -2.49. The van der Waals surface area contributed by atoms with E-state index in [0.29, 0.717) is 13.1 Å². The maximum Gasteiger partial charge on any atom is 0.253 e. The zero-order chi connectivity index (χ0) is 17.1. The number of carbonyl (C=O) groups excluding carboxylic acids is 1. The van der Waals surface area contributed by atoms with Crippen molar-refractivity contribution in [3.63, 3.8) is 0 Å². The van der Waals surface area contributed by atoms with Crippen molar-refractivity contribution < 1.29 is 4.79 Å². The molecule has 1 aromatic carbocycles. The summed E-state index contributed by atoms with van der Waals surface area (Å²) in [6.07, 6.45) is 0. The topological polar surface area (TPSA) is 52.6 Å². The first-order chi connectivity index (χ1) is 11.5. The van der Waals surface area contributed by atoms with Crippen molar-refractivity contribution in [3.05, 3.63) is 45.5 Å². The third kappa shape index (κ3) is 3.77. The van der Waals surface area contributed by atoms with Gasteiger partial charge in [0.2, 0.25) is 0 Å². The highest BCUT2D eigenvalue weighted by atomic mass is 127. The van der Waals surface area contributed by atoms with Gasteiger partial charge in [-0.1, -0.05) is 0 Å². The minimum Gasteiger partial charge on any atom is -0.361 e. The lowest BCUT2D eigenvalue weighted by atomic mass is 10.2. The second-order valence-corrected chi connectivity index (χ2v) is 7.18. The Balaban J connectivity index is 1.61. The van der Waals surface area contributed by atoms with E-state index in [1.165, 1.54) is 0 Å². The molecule has 7 heteroatoms. The Morgan fingerprint density at radius 2 is 1.67 bits per heavy atom. The van der Waals surface area contributed by atoms with E-state index in [0.717, 1.165) is 33.9 Å². The molecule has 0 spiro atoms. The van der Waals surface area contributed by atoms with Crippen molar-refractivity contribution in [3.8, 4) is 0 Å². The van der Waals surface area contributed by atoms with Gasteiger partial charge in [-0.05, 0) is 59.0 Å². The van der Waals surface area contributed by atoms with Gasteiger partial charge < -0.3 is 14.7 Å². The molecule has 2 aromatic rings. The van der Waals surface area contributed by atoms with Crippen LogP contribution in [0.2, 0.25) is 0 Å². The number of rotatable bonds is 3. The minimum atomic E-state index is 0.0973. The molecule has 1 amide bonds. The first-order valence-electron chi connectivity index (χ1n) is 7.85. The number of piperazine rings is 1. The van der Waals surface area contributed by atoms with Crippen LogP contribution in [0.4, 0.5) is 11.6 Å². The van der Waals surface area contributed by atoms with Gasteiger partial charge in [0.1, 0.15) is 0 Å². The highest BCUT2D eigenvalue weighted by molar-refractivity contribution is 14.1. The average molecular weight is 437 g/mol. The van der Waals surface area contributed by atoms with E-state index in [1.807, 2.05) is 60.3 Å². The maximum absolute atomic E-state index is 12.5. The SMILES string of the molecule is CN(C)c1ccc(N2CCN(C(=O)c3ccc(I)cc3)CC2)nn1. The van der Waals surface area contributed by atoms with Crippen molar-refractivity contribution in [1.29, 1.82) is 0 Å². The van der Waals surface area contributed by atoms with E-state index in [4.69, 9.17) is 0 Å². The molecular weight excluding hydrogens is 417 g/mol. The Hall–Kier alpha value is -1.90. The molecule has 0 radical (unpaired) electrons. The number of halogens is 1. The quantitative estimate of drug-likeness (QED) is 0.689. The second-order valence-electron chi connectivity index (χ2n) is 5.93. The molecule has 24 heavy (non-hydrogen) atoms. The van der Waals surface area contributed by atoms with Gasteiger partial charge in [0.15, 0.2) is 11.6 Å². The molecule has 0 bridgehead atoms. The first-order valence-corrected chi connectivity index (χ1v) is 8.93. The summed E-state index contributed by atoms with van der Waals surface area (Å²) in [6, 6.07) is 11.7. The van der Waals surface area contributed by atoms with E-state index in [1.54, 1.807) is 0 Å². The fourth-order valence-corrected chi connectivity index (χ4v) is 3.00. The summed E-state index contributed by atoms with van der Waals surface area (Å²) >= 11 is 2.24. The molecule has 0 saturated carbocycles. The van der Waals surface area contributed by atoms with Gasteiger partial charge >= 0.3 is 0 Å². The van der Waals surface area contributed by atoms with Crippen molar-refractivity contribution in [2.24, 2.45) is 0 Å². The summed E-state index contributed by atoms with van der Waals surface area (Å²) in [6.45, 7) is 2.93. The molecule has 6 nitrogen and oxygen atoms in total. The van der Waals surface area contributed by atoms with Crippen LogP contribution in [0.15, 0.2) is 36.4 Å². The fourth-order valence-electron chi connectivity index (χ4n) is 2.64. The number of nitrogens with zero attached hydrogens (tertiary/aromatic N) is 5. The van der Waals surface area contributed by atoms with Gasteiger partial charge in [0.05, 0.1) is 0 Å². The lowest BCUT2D eigenvalue weighted by Gasteiger charge is -2.35. The smallest absolute Gasteiger partial charge is 0.253 e. The monoisotopic (exact) mass is 437 g/mol. The second kappa shape index (κ2) is 7.33. The van der Waals surface area contributed by atoms with Gasteiger partial charge in [-0.2, -0.15) is 0 Å².